The Hall–Kier alpha value is -1.38. The highest BCUT2D eigenvalue weighted by Crippen LogP contribution is 2.47. The lowest BCUT2D eigenvalue weighted by molar-refractivity contribution is 0.0646. The van der Waals surface area contributed by atoms with Crippen molar-refractivity contribution in [1.82, 2.24) is 0 Å². The Balaban J connectivity index is 2.06. The zero-order valence-corrected chi connectivity index (χ0v) is 15.7. The lowest BCUT2D eigenvalue weighted by atomic mass is 9.69. The van der Waals surface area contributed by atoms with E-state index < -0.39 is 12.2 Å². The van der Waals surface area contributed by atoms with Crippen molar-refractivity contribution < 1.29 is 10.2 Å². The van der Waals surface area contributed by atoms with Gasteiger partial charge in [0, 0.05) is 11.8 Å². The fraction of sp³-hybridized carbons (Fsp3) is 0.545. The van der Waals surface area contributed by atoms with Crippen LogP contribution in [-0.4, -0.2) is 10.2 Å². The number of hydrogen-bond donors (Lipinski definition) is 2. The predicted molar refractivity (Wildman–Crippen MR) is 100 cm³/mol. The Morgan fingerprint density at radius 2 is 1.04 bits per heavy atom. The number of benzene rings is 1. The van der Waals surface area contributed by atoms with Crippen LogP contribution in [0.25, 0.3) is 12.2 Å². The first-order valence-corrected chi connectivity index (χ1v) is 8.90. The summed E-state index contributed by atoms with van der Waals surface area (Å²) in [6.07, 6.45) is 7.44. The lowest BCUT2D eigenvalue weighted by Crippen LogP contribution is -2.29. The molecule has 0 saturated carbocycles. The fourth-order valence-electron chi connectivity index (χ4n) is 4.01. The molecule has 2 aliphatic rings. The minimum Gasteiger partial charge on any atom is -0.388 e. The van der Waals surface area contributed by atoms with Crippen molar-refractivity contribution in [3.05, 3.63) is 46.5 Å². The summed E-state index contributed by atoms with van der Waals surface area (Å²) in [4.78, 5) is 0. The maximum atomic E-state index is 10.9. The second-order valence-corrected chi connectivity index (χ2v) is 9.50. The van der Waals surface area contributed by atoms with Crippen LogP contribution < -0.4 is 0 Å². The molecule has 1 aromatic rings. The van der Waals surface area contributed by atoms with E-state index >= 15 is 0 Å². The molecule has 2 N–H and O–H groups in total. The van der Waals surface area contributed by atoms with Gasteiger partial charge in [0.25, 0.3) is 0 Å². The predicted octanol–water partition coefficient (Wildman–Crippen LogP) is 5.13. The number of aliphatic hydroxyl groups excluding tert-OH is 2. The average Bonchev–Trinajstić information content (AvgIpc) is 2.44. The Kier molecular flexibility index (Phi) is 4.05. The highest BCUT2D eigenvalue weighted by atomic mass is 16.3. The SMILES string of the molecule is CC(C)(C)[C@@H]1C=Cc2cc3c(cc2[C@@H]1O)[C@H](O)[C@H](C(C)(C)C)C=C3. The van der Waals surface area contributed by atoms with Crippen molar-refractivity contribution >= 4 is 12.2 Å². The molecule has 0 bridgehead atoms. The molecule has 24 heavy (non-hydrogen) atoms. The van der Waals surface area contributed by atoms with Gasteiger partial charge < -0.3 is 10.2 Å². The third-order valence-corrected chi connectivity index (χ3v) is 5.57. The summed E-state index contributed by atoms with van der Waals surface area (Å²) in [6.45, 7) is 12.9. The first-order chi connectivity index (χ1) is 11.0. The van der Waals surface area contributed by atoms with Gasteiger partial charge in [0.1, 0.15) is 0 Å². The Labute approximate surface area is 145 Å². The highest BCUT2D eigenvalue weighted by Gasteiger charge is 2.37. The van der Waals surface area contributed by atoms with Crippen LogP contribution in [-0.2, 0) is 0 Å². The normalized spacial score (nSPS) is 29.3. The summed E-state index contributed by atoms with van der Waals surface area (Å²) in [5.74, 6) is 0.162. The maximum absolute atomic E-state index is 10.9. The molecule has 0 fully saturated rings. The first-order valence-electron chi connectivity index (χ1n) is 8.90. The van der Waals surface area contributed by atoms with Crippen molar-refractivity contribution in [3.63, 3.8) is 0 Å². The first kappa shape index (κ1) is 17.4. The molecule has 0 aromatic heterocycles. The smallest absolute Gasteiger partial charge is 0.0863 e. The van der Waals surface area contributed by atoms with Gasteiger partial charge in [0.05, 0.1) is 12.2 Å². The van der Waals surface area contributed by atoms with Crippen LogP contribution in [0, 0.1) is 22.7 Å². The van der Waals surface area contributed by atoms with Crippen LogP contribution in [0.2, 0.25) is 0 Å². The molecule has 2 aliphatic carbocycles. The maximum Gasteiger partial charge on any atom is 0.0863 e. The Bertz CT molecular complexity index is 641. The third kappa shape index (κ3) is 2.87. The minimum absolute atomic E-state index is 0.00399. The van der Waals surface area contributed by atoms with Gasteiger partial charge in [-0.25, -0.2) is 0 Å². The van der Waals surface area contributed by atoms with Gasteiger partial charge in [-0.05, 0) is 45.2 Å². The van der Waals surface area contributed by atoms with E-state index in [-0.39, 0.29) is 22.7 Å². The molecule has 0 amide bonds. The summed E-state index contributed by atoms with van der Waals surface area (Å²) in [7, 11) is 0. The van der Waals surface area contributed by atoms with E-state index in [9.17, 15) is 10.2 Å². The zero-order valence-electron chi connectivity index (χ0n) is 15.7. The quantitative estimate of drug-likeness (QED) is 0.693. The number of rotatable bonds is 0. The monoisotopic (exact) mass is 326 g/mol. The van der Waals surface area contributed by atoms with Crippen molar-refractivity contribution in [2.24, 2.45) is 22.7 Å². The molecule has 130 valence electrons. The molecule has 2 nitrogen and oxygen atoms in total. The minimum atomic E-state index is -0.526. The number of fused-ring (bicyclic) bond motifs is 2. The van der Waals surface area contributed by atoms with Crippen LogP contribution in [0.5, 0.6) is 0 Å². The highest BCUT2D eigenvalue weighted by molar-refractivity contribution is 5.68. The van der Waals surface area contributed by atoms with Crippen molar-refractivity contribution in [3.8, 4) is 0 Å². The Morgan fingerprint density at radius 1 is 0.667 bits per heavy atom. The topological polar surface area (TPSA) is 40.5 Å². The molecule has 0 aliphatic heterocycles. The fourth-order valence-corrected chi connectivity index (χ4v) is 4.01. The van der Waals surface area contributed by atoms with E-state index in [4.69, 9.17) is 0 Å². The summed E-state index contributed by atoms with van der Waals surface area (Å²) in [5.41, 5.74) is 4.00. The van der Waals surface area contributed by atoms with Crippen LogP contribution >= 0.6 is 0 Å². The van der Waals surface area contributed by atoms with Gasteiger partial charge in [-0.3, -0.25) is 0 Å². The van der Waals surface area contributed by atoms with Crippen molar-refractivity contribution in [2.45, 2.75) is 53.8 Å². The van der Waals surface area contributed by atoms with E-state index in [1.54, 1.807) is 0 Å². The second kappa shape index (κ2) is 5.57. The lowest BCUT2D eigenvalue weighted by Gasteiger charge is -2.38. The molecule has 1 aromatic carbocycles. The van der Waals surface area contributed by atoms with Gasteiger partial charge in [0.2, 0.25) is 0 Å². The van der Waals surface area contributed by atoms with E-state index in [1.165, 1.54) is 0 Å². The van der Waals surface area contributed by atoms with Crippen LogP contribution in [0.4, 0.5) is 0 Å². The molecule has 0 saturated heterocycles. The van der Waals surface area contributed by atoms with Gasteiger partial charge in [-0.2, -0.15) is 0 Å². The van der Waals surface area contributed by atoms with E-state index in [0.29, 0.717) is 0 Å². The van der Waals surface area contributed by atoms with Gasteiger partial charge in [-0.1, -0.05) is 65.8 Å². The van der Waals surface area contributed by atoms with Gasteiger partial charge in [0.15, 0.2) is 0 Å². The molecule has 4 atom stereocenters. The van der Waals surface area contributed by atoms with E-state index in [2.05, 4.69) is 71.9 Å². The molecule has 2 heteroatoms. The number of aliphatic hydroxyl groups is 2. The summed E-state index contributed by atoms with van der Waals surface area (Å²) < 4.78 is 0. The molecule has 0 spiro atoms. The summed E-state index contributed by atoms with van der Waals surface area (Å²) in [5, 5.41) is 21.8. The number of hydrogen-bond acceptors (Lipinski definition) is 2. The van der Waals surface area contributed by atoms with Crippen LogP contribution in [0.3, 0.4) is 0 Å². The van der Waals surface area contributed by atoms with E-state index in [0.717, 1.165) is 22.3 Å². The van der Waals surface area contributed by atoms with E-state index in [1.807, 2.05) is 6.07 Å². The Morgan fingerprint density at radius 3 is 1.38 bits per heavy atom. The molecular weight excluding hydrogens is 296 g/mol. The largest absolute Gasteiger partial charge is 0.388 e. The average molecular weight is 326 g/mol. The molecule has 0 unspecified atom stereocenters. The standard InChI is InChI=1S/C22H30O2/c1-21(2,3)17-9-7-13-11-14-8-10-18(22(4,5)6)20(24)16(14)12-15(13)19(17)23/h7-12,17-20,23-24H,1-6H3/t17-,18-,19+,20+/m1/s1. The van der Waals surface area contributed by atoms with Gasteiger partial charge >= 0.3 is 0 Å². The van der Waals surface area contributed by atoms with Crippen LogP contribution in [0.15, 0.2) is 24.3 Å². The molecular formula is C22H30O2. The summed E-state index contributed by atoms with van der Waals surface area (Å²) >= 11 is 0. The zero-order chi connectivity index (χ0) is 17.9. The van der Waals surface area contributed by atoms with Crippen LogP contribution in [0.1, 0.15) is 76.0 Å². The van der Waals surface area contributed by atoms with Crippen molar-refractivity contribution in [1.29, 1.82) is 0 Å². The third-order valence-electron chi connectivity index (χ3n) is 5.57. The van der Waals surface area contributed by atoms with Gasteiger partial charge in [-0.15, -0.1) is 0 Å². The summed E-state index contributed by atoms with van der Waals surface area (Å²) in [6, 6.07) is 4.13. The van der Waals surface area contributed by atoms with Crippen molar-refractivity contribution in [2.75, 3.05) is 0 Å². The second-order valence-electron chi connectivity index (χ2n) is 9.50. The molecule has 3 rings (SSSR count). The molecule has 0 radical (unpaired) electrons. The molecule has 0 heterocycles.